The van der Waals surface area contributed by atoms with E-state index in [9.17, 15) is 14.7 Å². The average Bonchev–Trinajstić information content (AvgIpc) is 2.69. The van der Waals surface area contributed by atoms with Gasteiger partial charge in [0.1, 0.15) is 5.75 Å². The first-order valence-corrected chi connectivity index (χ1v) is 9.76. The highest BCUT2D eigenvalue weighted by molar-refractivity contribution is 5.98. The van der Waals surface area contributed by atoms with Crippen LogP contribution in [0.1, 0.15) is 26.5 Å². The fraction of sp³-hybridized carbons (Fsp3) is 0.304. The van der Waals surface area contributed by atoms with Crippen LogP contribution in [-0.2, 0) is 13.1 Å². The highest BCUT2D eigenvalue weighted by Gasteiger charge is 2.19. The Morgan fingerprint density at radius 1 is 1.14 bits per heavy atom. The lowest BCUT2D eigenvalue weighted by Gasteiger charge is -2.21. The normalized spacial score (nSPS) is 11.0. The number of amides is 1. The molecule has 2 N–H and O–H groups in total. The average molecular weight is 394 g/mol. The van der Waals surface area contributed by atoms with E-state index < -0.39 is 6.09 Å². The summed E-state index contributed by atoms with van der Waals surface area (Å²) in [4.78, 5) is 24.6. The minimum Gasteiger partial charge on any atom is -0.494 e. The highest BCUT2D eigenvalue weighted by Crippen LogP contribution is 2.32. The number of carbonyl (C=O) groups is 1. The molecule has 1 amide bonds. The summed E-state index contributed by atoms with van der Waals surface area (Å²) < 4.78 is 7.30. The Morgan fingerprint density at radius 2 is 1.86 bits per heavy atom. The smallest absolute Gasteiger partial charge is 0.404 e. The monoisotopic (exact) mass is 394 g/mol. The molecule has 6 heteroatoms. The molecule has 152 valence electrons. The topological polar surface area (TPSA) is 80.6 Å². The summed E-state index contributed by atoms with van der Waals surface area (Å²) in [5, 5.41) is 13.0. The molecule has 0 aliphatic heterocycles. The molecule has 2 aromatic carbocycles. The van der Waals surface area contributed by atoms with Crippen LogP contribution in [-0.4, -0.2) is 22.4 Å². The molecule has 0 spiro atoms. The molecule has 3 rings (SSSR count). The van der Waals surface area contributed by atoms with Gasteiger partial charge in [-0.15, -0.1) is 0 Å². The predicted octanol–water partition coefficient (Wildman–Crippen LogP) is 4.49. The maximum absolute atomic E-state index is 13.4. The van der Waals surface area contributed by atoms with Crippen molar-refractivity contribution in [1.82, 2.24) is 9.88 Å². The second-order valence-corrected chi connectivity index (χ2v) is 7.30. The molecule has 0 fully saturated rings. The third-order valence-corrected chi connectivity index (χ3v) is 4.68. The van der Waals surface area contributed by atoms with Gasteiger partial charge in [-0.2, -0.15) is 0 Å². The largest absolute Gasteiger partial charge is 0.494 e. The van der Waals surface area contributed by atoms with E-state index in [0.717, 1.165) is 16.5 Å². The first-order chi connectivity index (χ1) is 13.9. The number of ether oxygens (including phenoxy) is 1. The molecule has 1 heterocycles. The summed E-state index contributed by atoms with van der Waals surface area (Å²) in [5.41, 5.74) is 2.31. The van der Waals surface area contributed by atoms with Crippen LogP contribution < -0.4 is 15.6 Å². The van der Waals surface area contributed by atoms with Crippen LogP contribution in [0.2, 0.25) is 0 Å². The van der Waals surface area contributed by atoms with Crippen molar-refractivity contribution in [1.29, 1.82) is 0 Å². The van der Waals surface area contributed by atoms with Gasteiger partial charge in [0.2, 0.25) is 0 Å². The van der Waals surface area contributed by atoms with Crippen LogP contribution in [0.15, 0.2) is 53.3 Å². The van der Waals surface area contributed by atoms with Crippen LogP contribution in [0.25, 0.3) is 21.9 Å². The molecule has 6 nitrogen and oxygen atoms in total. The molecule has 0 atom stereocenters. The molecular weight excluding hydrogens is 368 g/mol. The fourth-order valence-electron chi connectivity index (χ4n) is 3.56. The van der Waals surface area contributed by atoms with E-state index in [-0.39, 0.29) is 18.0 Å². The maximum atomic E-state index is 13.4. The van der Waals surface area contributed by atoms with Gasteiger partial charge in [-0.1, -0.05) is 44.2 Å². The minimum absolute atomic E-state index is 0.0463. The Kier molecular flexibility index (Phi) is 6.22. The van der Waals surface area contributed by atoms with Crippen LogP contribution in [0.3, 0.4) is 0 Å². The second kappa shape index (κ2) is 8.82. The summed E-state index contributed by atoms with van der Waals surface area (Å²) >= 11 is 0. The number of carboxylic acid groups (broad SMARTS) is 1. The summed E-state index contributed by atoms with van der Waals surface area (Å²) in [6.45, 7) is 7.01. The van der Waals surface area contributed by atoms with Crippen LogP contribution in [0, 0.1) is 5.92 Å². The Hall–Kier alpha value is -3.28. The van der Waals surface area contributed by atoms with Crippen molar-refractivity contribution < 1.29 is 14.6 Å². The summed E-state index contributed by atoms with van der Waals surface area (Å²) in [6.07, 6.45) is -1.13. The van der Waals surface area contributed by atoms with Crippen LogP contribution in [0.5, 0.6) is 5.75 Å². The molecule has 1 aromatic heterocycles. The number of rotatable bonds is 7. The van der Waals surface area contributed by atoms with Crippen molar-refractivity contribution in [3.63, 3.8) is 0 Å². The Labute approximate surface area is 169 Å². The van der Waals surface area contributed by atoms with E-state index in [1.54, 1.807) is 10.6 Å². The van der Waals surface area contributed by atoms with Gasteiger partial charge in [0, 0.05) is 17.8 Å². The molecule has 0 aliphatic carbocycles. The third kappa shape index (κ3) is 4.42. The van der Waals surface area contributed by atoms with Gasteiger partial charge in [-0.3, -0.25) is 4.79 Å². The molecule has 0 unspecified atom stereocenters. The lowest BCUT2D eigenvalue weighted by atomic mass is 9.96. The van der Waals surface area contributed by atoms with E-state index in [0.29, 0.717) is 30.0 Å². The molecule has 3 aromatic rings. The number of pyridine rings is 1. The van der Waals surface area contributed by atoms with Crippen molar-refractivity contribution in [2.24, 2.45) is 5.92 Å². The van der Waals surface area contributed by atoms with Crippen LogP contribution in [0.4, 0.5) is 4.79 Å². The first-order valence-electron chi connectivity index (χ1n) is 9.76. The van der Waals surface area contributed by atoms with Gasteiger partial charge in [-0.25, -0.2) is 4.79 Å². The van der Waals surface area contributed by atoms with Gasteiger partial charge in [0.25, 0.3) is 5.56 Å². The molecule has 29 heavy (non-hydrogen) atoms. The summed E-state index contributed by atoms with van der Waals surface area (Å²) in [6, 6.07) is 15.2. The van der Waals surface area contributed by atoms with Gasteiger partial charge >= 0.3 is 6.09 Å². The van der Waals surface area contributed by atoms with Gasteiger partial charge in [0.05, 0.1) is 18.5 Å². The zero-order chi connectivity index (χ0) is 21.0. The minimum atomic E-state index is -1.13. The molecule has 0 bridgehead atoms. The lowest BCUT2D eigenvalue weighted by molar-refractivity contribution is 0.193. The molecular formula is C23H26N2O4. The summed E-state index contributed by atoms with van der Waals surface area (Å²) in [7, 11) is 0. The van der Waals surface area contributed by atoms with Crippen LogP contribution >= 0.6 is 0 Å². The highest BCUT2D eigenvalue weighted by atomic mass is 16.5. The number of benzene rings is 2. The van der Waals surface area contributed by atoms with Crippen molar-refractivity contribution in [2.75, 3.05) is 6.61 Å². The van der Waals surface area contributed by atoms with Crippen molar-refractivity contribution in [2.45, 2.75) is 33.9 Å². The number of hydrogen-bond donors (Lipinski definition) is 2. The van der Waals surface area contributed by atoms with Crippen molar-refractivity contribution in [3.05, 3.63) is 64.6 Å². The standard InChI is InChI=1S/C23H26N2O4/c1-4-29-17-10-11-18-19(12-17)22(26)25(14-15(2)3)20(13-24-23(27)28)21(18)16-8-6-5-7-9-16/h5-12,15,24H,4,13-14H2,1-3H3,(H,27,28). The lowest BCUT2D eigenvalue weighted by Crippen LogP contribution is -2.31. The van der Waals surface area contributed by atoms with Gasteiger partial charge in [0.15, 0.2) is 0 Å². The first kappa shape index (κ1) is 20.5. The second-order valence-electron chi connectivity index (χ2n) is 7.30. The molecule has 0 saturated heterocycles. The number of nitrogens with zero attached hydrogens (tertiary/aromatic N) is 1. The molecule has 0 aliphatic rings. The van der Waals surface area contributed by atoms with E-state index in [1.165, 1.54) is 0 Å². The van der Waals surface area contributed by atoms with E-state index >= 15 is 0 Å². The molecule has 0 saturated carbocycles. The number of nitrogens with one attached hydrogen (secondary N) is 1. The van der Waals surface area contributed by atoms with E-state index in [1.807, 2.05) is 63.2 Å². The van der Waals surface area contributed by atoms with Gasteiger partial charge < -0.3 is 19.7 Å². The Morgan fingerprint density at radius 3 is 2.48 bits per heavy atom. The van der Waals surface area contributed by atoms with Crippen molar-refractivity contribution >= 4 is 16.9 Å². The number of hydrogen-bond acceptors (Lipinski definition) is 3. The SMILES string of the molecule is CCOc1ccc2c(-c3ccccc3)c(CNC(=O)O)n(CC(C)C)c(=O)c2c1. The molecule has 0 radical (unpaired) electrons. The summed E-state index contributed by atoms with van der Waals surface area (Å²) in [5.74, 6) is 0.857. The number of fused-ring (bicyclic) bond motifs is 1. The van der Waals surface area contributed by atoms with E-state index in [2.05, 4.69) is 5.32 Å². The Balaban J connectivity index is 2.39. The zero-order valence-corrected chi connectivity index (χ0v) is 16.9. The van der Waals surface area contributed by atoms with Crippen molar-refractivity contribution in [3.8, 4) is 16.9 Å². The quantitative estimate of drug-likeness (QED) is 0.619. The maximum Gasteiger partial charge on any atom is 0.404 e. The number of aromatic nitrogens is 1. The third-order valence-electron chi connectivity index (χ3n) is 4.68. The predicted molar refractivity (Wildman–Crippen MR) is 115 cm³/mol. The van der Waals surface area contributed by atoms with Gasteiger partial charge in [-0.05, 0) is 42.0 Å². The zero-order valence-electron chi connectivity index (χ0n) is 16.9. The van der Waals surface area contributed by atoms with E-state index in [4.69, 9.17) is 4.74 Å². The Bertz CT molecular complexity index is 1070. The fourth-order valence-corrected chi connectivity index (χ4v) is 3.56.